The molecule has 2 aromatic heterocycles. The van der Waals surface area contributed by atoms with Crippen molar-refractivity contribution in [3.05, 3.63) is 34.5 Å². The SMILES string of the molecule is Cc1noc(CNc2cc(=O)[nH]cn2)n1. The molecule has 0 aromatic carbocycles. The average molecular weight is 207 g/mol. The van der Waals surface area contributed by atoms with Crippen LogP contribution in [0, 0.1) is 6.92 Å². The van der Waals surface area contributed by atoms with Crippen LogP contribution in [0.2, 0.25) is 0 Å². The Kier molecular flexibility index (Phi) is 2.44. The molecule has 0 bridgehead atoms. The summed E-state index contributed by atoms with van der Waals surface area (Å²) in [6.45, 7) is 2.08. The maximum Gasteiger partial charge on any atom is 0.252 e. The predicted molar refractivity (Wildman–Crippen MR) is 51.2 cm³/mol. The van der Waals surface area contributed by atoms with Gasteiger partial charge in [0.15, 0.2) is 5.82 Å². The first-order valence-electron chi connectivity index (χ1n) is 4.32. The number of rotatable bonds is 3. The maximum absolute atomic E-state index is 10.9. The van der Waals surface area contributed by atoms with Gasteiger partial charge in [0, 0.05) is 6.07 Å². The van der Waals surface area contributed by atoms with Crippen molar-refractivity contribution in [1.29, 1.82) is 0 Å². The highest BCUT2D eigenvalue weighted by Gasteiger charge is 2.02. The number of aryl methyl sites for hydroxylation is 1. The highest BCUT2D eigenvalue weighted by atomic mass is 16.5. The molecule has 2 N–H and O–H groups in total. The van der Waals surface area contributed by atoms with Crippen LogP contribution in [-0.2, 0) is 6.54 Å². The fourth-order valence-electron chi connectivity index (χ4n) is 1.04. The van der Waals surface area contributed by atoms with Gasteiger partial charge in [0.2, 0.25) is 5.89 Å². The summed E-state index contributed by atoms with van der Waals surface area (Å²) in [5, 5.41) is 6.52. The van der Waals surface area contributed by atoms with Crippen LogP contribution in [0.1, 0.15) is 11.7 Å². The summed E-state index contributed by atoms with van der Waals surface area (Å²) < 4.78 is 4.88. The zero-order valence-electron chi connectivity index (χ0n) is 8.02. The van der Waals surface area contributed by atoms with E-state index in [1.54, 1.807) is 6.92 Å². The molecule has 0 atom stereocenters. The molecule has 7 nitrogen and oxygen atoms in total. The van der Waals surface area contributed by atoms with Crippen LogP contribution in [0.4, 0.5) is 5.82 Å². The van der Waals surface area contributed by atoms with Crippen molar-refractivity contribution in [2.75, 3.05) is 5.32 Å². The van der Waals surface area contributed by atoms with Crippen molar-refractivity contribution in [2.45, 2.75) is 13.5 Å². The average Bonchev–Trinajstić information content (AvgIpc) is 2.62. The Morgan fingerprint density at radius 3 is 3.13 bits per heavy atom. The maximum atomic E-state index is 10.9. The first-order chi connectivity index (χ1) is 7.24. The highest BCUT2D eigenvalue weighted by Crippen LogP contribution is 2.00. The molecule has 2 rings (SSSR count). The highest BCUT2D eigenvalue weighted by molar-refractivity contribution is 5.31. The third-order valence-electron chi connectivity index (χ3n) is 1.67. The van der Waals surface area contributed by atoms with Crippen molar-refractivity contribution in [2.24, 2.45) is 0 Å². The third kappa shape index (κ3) is 2.39. The summed E-state index contributed by atoms with van der Waals surface area (Å²) in [5.41, 5.74) is -0.214. The van der Waals surface area contributed by atoms with Crippen molar-refractivity contribution < 1.29 is 4.52 Å². The lowest BCUT2D eigenvalue weighted by atomic mass is 10.5. The van der Waals surface area contributed by atoms with Crippen molar-refractivity contribution in [3.8, 4) is 0 Å². The number of hydrogen-bond acceptors (Lipinski definition) is 6. The molecule has 0 radical (unpaired) electrons. The normalized spacial score (nSPS) is 10.2. The zero-order valence-corrected chi connectivity index (χ0v) is 8.02. The molecule has 78 valence electrons. The van der Waals surface area contributed by atoms with Gasteiger partial charge in [-0.05, 0) is 6.92 Å². The van der Waals surface area contributed by atoms with Gasteiger partial charge in [-0.15, -0.1) is 0 Å². The van der Waals surface area contributed by atoms with E-state index in [-0.39, 0.29) is 5.56 Å². The van der Waals surface area contributed by atoms with Crippen molar-refractivity contribution in [3.63, 3.8) is 0 Å². The van der Waals surface area contributed by atoms with Crippen LogP contribution in [0.5, 0.6) is 0 Å². The Balaban J connectivity index is 2.02. The van der Waals surface area contributed by atoms with Crippen LogP contribution < -0.4 is 10.9 Å². The van der Waals surface area contributed by atoms with Gasteiger partial charge in [0.1, 0.15) is 5.82 Å². The van der Waals surface area contributed by atoms with Crippen LogP contribution >= 0.6 is 0 Å². The Hall–Kier alpha value is -2.18. The van der Waals surface area contributed by atoms with Gasteiger partial charge in [-0.1, -0.05) is 5.16 Å². The van der Waals surface area contributed by atoms with E-state index in [1.165, 1.54) is 12.4 Å². The van der Waals surface area contributed by atoms with Gasteiger partial charge in [0.25, 0.3) is 5.56 Å². The molecule has 2 heterocycles. The van der Waals surface area contributed by atoms with E-state index in [0.717, 1.165) is 0 Å². The van der Waals surface area contributed by atoms with Crippen molar-refractivity contribution >= 4 is 5.82 Å². The van der Waals surface area contributed by atoms with E-state index >= 15 is 0 Å². The lowest BCUT2D eigenvalue weighted by Gasteiger charge is -1.99. The summed E-state index contributed by atoms with van der Waals surface area (Å²) in [6.07, 6.45) is 1.32. The molecule has 7 heteroatoms. The van der Waals surface area contributed by atoms with Crippen molar-refractivity contribution in [1.82, 2.24) is 20.1 Å². The van der Waals surface area contributed by atoms with E-state index in [4.69, 9.17) is 4.52 Å². The second-order valence-electron chi connectivity index (χ2n) is 2.89. The number of H-pyrrole nitrogens is 1. The second kappa shape index (κ2) is 3.91. The van der Waals surface area contributed by atoms with E-state index < -0.39 is 0 Å². The second-order valence-corrected chi connectivity index (χ2v) is 2.89. The molecule has 0 saturated carbocycles. The molecular weight excluding hydrogens is 198 g/mol. The molecule has 0 fully saturated rings. The minimum atomic E-state index is -0.214. The molecule has 0 amide bonds. The minimum absolute atomic E-state index is 0.214. The topological polar surface area (TPSA) is 96.7 Å². The summed E-state index contributed by atoms with van der Waals surface area (Å²) in [5.74, 6) is 1.50. The first kappa shape index (κ1) is 9.38. The van der Waals surface area contributed by atoms with E-state index in [2.05, 4.69) is 25.4 Å². The predicted octanol–water partition coefficient (Wildman–Crippen LogP) is 0.0734. The first-order valence-corrected chi connectivity index (χ1v) is 4.32. The summed E-state index contributed by atoms with van der Waals surface area (Å²) in [7, 11) is 0. The summed E-state index contributed by atoms with van der Waals surface area (Å²) in [4.78, 5) is 21.2. The summed E-state index contributed by atoms with van der Waals surface area (Å²) in [6, 6.07) is 1.35. The molecule has 0 aliphatic rings. The number of anilines is 1. The summed E-state index contributed by atoms with van der Waals surface area (Å²) >= 11 is 0. The molecule has 15 heavy (non-hydrogen) atoms. The van der Waals surface area contributed by atoms with E-state index in [9.17, 15) is 4.79 Å². The number of nitrogens with zero attached hydrogens (tertiary/aromatic N) is 3. The Bertz CT molecular complexity index is 503. The number of nitrogens with one attached hydrogen (secondary N) is 2. The Morgan fingerprint density at radius 2 is 2.47 bits per heavy atom. The quantitative estimate of drug-likeness (QED) is 0.739. The van der Waals surface area contributed by atoms with Crippen LogP contribution in [0.15, 0.2) is 21.7 Å². The van der Waals surface area contributed by atoms with E-state index in [0.29, 0.717) is 24.1 Å². The Labute approximate surface area is 84.6 Å². The molecule has 0 saturated heterocycles. The monoisotopic (exact) mass is 207 g/mol. The number of aromatic amines is 1. The molecule has 2 aromatic rings. The fourth-order valence-corrected chi connectivity index (χ4v) is 1.04. The Morgan fingerprint density at radius 1 is 1.60 bits per heavy atom. The van der Waals surface area contributed by atoms with Gasteiger partial charge in [-0.2, -0.15) is 4.98 Å². The molecule has 0 aliphatic heterocycles. The molecule has 0 unspecified atom stereocenters. The minimum Gasteiger partial charge on any atom is -0.361 e. The standard InChI is InChI=1S/C8H9N5O2/c1-5-12-8(15-13-5)3-9-6-2-7(14)11-4-10-6/h2,4H,3H2,1H3,(H2,9,10,11,14). The third-order valence-corrected chi connectivity index (χ3v) is 1.67. The largest absolute Gasteiger partial charge is 0.361 e. The zero-order chi connectivity index (χ0) is 10.7. The van der Waals surface area contributed by atoms with Crippen LogP contribution in [0.3, 0.4) is 0 Å². The molecule has 0 aliphatic carbocycles. The fraction of sp³-hybridized carbons (Fsp3) is 0.250. The van der Waals surface area contributed by atoms with Gasteiger partial charge in [0.05, 0.1) is 12.9 Å². The smallest absolute Gasteiger partial charge is 0.252 e. The van der Waals surface area contributed by atoms with Gasteiger partial charge in [-0.25, -0.2) is 4.98 Å². The van der Waals surface area contributed by atoms with Crippen LogP contribution in [-0.4, -0.2) is 20.1 Å². The molecular formula is C8H9N5O2. The molecule has 0 spiro atoms. The van der Waals surface area contributed by atoms with Gasteiger partial charge >= 0.3 is 0 Å². The lowest BCUT2D eigenvalue weighted by Crippen LogP contribution is -2.09. The van der Waals surface area contributed by atoms with E-state index in [1.807, 2.05) is 0 Å². The number of hydrogen-bond donors (Lipinski definition) is 2. The number of aromatic nitrogens is 4. The lowest BCUT2D eigenvalue weighted by molar-refractivity contribution is 0.379. The van der Waals surface area contributed by atoms with Crippen LogP contribution in [0.25, 0.3) is 0 Å². The van der Waals surface area contributed by atoms with Gasteiger partial charge < -0.3 is 14.8 Å². The van der Waals surface area contributed by atoms with Gasteiger partial charge in [-0.3, -0.25) is 4.79 Å².